The van der Waals surface area contributed by atoms with E-state index in [1.807, 2.05) is 12.1 Å². The van der Waals surface area contributed by atoms with Gasteiger partial charge in [-0.2, -0.15) is 0 Å². The molecule has 0 spiro atoms. The summed E-state index contributed by atoms with van der Waals surface area (Å²) < 4.78 is 1.23. The molecule has 2 aromatic rings. The minimum absolute atomic E-state index is 0.771. The summed E-state index contributed by atoms with van der Waals surface area (Å²) in [6, 6.07) is 9.08. The van der Waals surface area contributed by atoms with Crippen molar-refractivity contribution in [3.05, 3.63) is 32.8 Å². The van der Waals surface area contributed by atoms with Gasteiger partial charge >= 0.3 is 0 Å². The number of halogens is 1. The van der Waals surface area contributed by atoms with Crippen LogP contribution in [0.2, 0.25) is 0 Å². The lowest BCUT2D eigenvalue weighted by molar-refractivity contribution is 0.677. The highest BCUT2D eigenvalue weighted by atomic mass is 127. The molecule has 1 aliphatic carbocycles. The molecule has 0 atom stereocenters. The van der Waals surface area contributed by atoms with Crippen LogP contribution in [-0.2, 0) is 6.42 Å². The first-order valence-electron chi connectivity index (χ1n) is 6.13. The van der Waals surface area contributed by atoms with Gasteiger partial charge in [-0.3, -0.25) is 0 Å². The second kappa shape index (κ2) is 5.63. The molecule has 0 bridgehead atoms. The molecule has 0 amide bonds. The van der Waals surface area contributed by atoms with E-state index in [1.165, 1.54) is 22.0 Å². The van der Waals surface area contributed by atoms with Gasteiger partial charge in [0.05, 0.1) is 0 Å². The zero-order valence-electron chi connectivity index (χ0n) is 9.90. The fourth-order valence-corrected chi connectivity index (χ4v) is 3.47. The molecule has 5 heteroatoms. The summed E-state index contributed by atoms with van der Waals surface area (Å²) in [4.78, 5) is 0. The first-order valence-corrected chi connectivity index (χ1v) is 8.03. The maximum atomic E-state index is 4.30. The molecule has 1 aliphatic rings. The van der Waals surface area contributed by atoms with Crippen LogP contribution in [0, 0.1) is 3.57 Å². The third-order valence-corrected chi connectivity index (χ3v) is 4.88. The Labute approximate surface area is 124 Å². The van der Waals surface area contributed by atoms with Gasteiger partial charge in [0.1, 0.15) is 10.0 Å². The lowest BCUT2D eigenvalue weighted by Crippen LogP contribution is -2.19. The van der Waals surface area contributed by atoms with Crippen molar-refractivity contribution in [1.29, 1.82) is 0 Å². The number of hydrogen-bond acceptors (Lipinski definition) is 4. The van der Waals surface area contributed by atoms with E-state index in [4.69, 9.17) is 0 Å². The number of nitrogens with one attached hydrogen (secondary N) is 1. The van der Waals surface area contributed by atoms with Crippen LogP contribution in [0.1, 0.15) is 17.8 Å². The first kappa shape index (κ1) is 12.5. The minimum Gasteiger partial charge on any atom is -0.314 e. The fourth-order valence-electron chi connectivity index (χ4n) is 1.77. The molecular weight excluding hydrogens is 357 g/mol. The summed E-state index contributed by atoms with van der Waals surface area (Å²) in [6.07, 6.45) is 3.66. The summed E-state index contributed by atoms with van der Waals surface area (Å²) in [5.41, 5.74) is 1.19. The molecule has 18 heavy (non-hydrogen) atoms. The van der Waals surface area contributed by atoms with Crippen LogP contribution in [0.4, 0.5) is 0 Å². The Kier molecular flexibility index (Phi) is 3.91. The average molecular weight is 371 g/mol. The zero-order valence-corrected chi connectivity index (χ0v) is 12.9. The van der Waals surface area contributed by atoms with E-state index in [0.717, 1.165) is 29.0 Å². The first-order chi connectivity index (χ1) is 8.83. The summed E-state index contributed by atoms with van der Waals surface area (Å²) in [5.74, 6) is 0. The monoisotopic (exact) mass is 371 g/mol. The molecule has 1 heterocycles. The summed E-state index contributed by atoms with van der Waals surface area (Å²) in [5, 5.41) is 14.2. The van der Waals surface area contributed by atoms with Crippen LogP contribution in [0.15, 0.2) is 24.3 Å². The Balaban J connectivity index is 1.66. The van der Waals surface area contributed by atoms with Crippen molar-refractivity contribution in [2.24, 2.45) is 0 Å². The summed E-state index contributed by atoms with van der Waals surface area (Å²) in [6.45, 7) is 1.02. The molecule has 0 aliphatic heterocycles. The molecule has 0 saturated heterocycles. The molecule has 1 fully saturated rings. The Hall–Kier alpha value is -0.530. The van der Waals surface area contributed by atoms with Crippen molar-refractivity contribution >= 4 is 33.9 Å². The van der Waals surface area contributed by atoms with Gasteiger partial charge in [-0.1, -0.05) is 29.5 Å². The average Bonchev–Trinajstić information content (AvgIpc) is 3.08. The number of rotatable bonds is 5. The second-order valence-electron chi connectivity index (χ2n) is 4.46. The van der Waals surface area contributed by atoms with Crippen molar-refractivity contribution in [3.8, 4) is 10.6 Å². The Bertz CT molecular complexity index is 537. The van der Waals surface area contributed by atoms with Crippen LogP contribution in [0.3, 0.4) is 0 Å². The zero-order chi connectivity index (χ0) is 12.4. The standard InChI is InChI=1S/C13H14IN3S/c14-11-4-2-1-3-10(11)13-17-16-12(18-13)7-8-15-9-5-6-9/h1-4,9,15H,5-8H2. The molecular formula is C13H14IN3S. The van der Waals surface area contributed by atoms with Crippen LogP contribution in [0.5, 0.6) is 0 Å². The molecule has 94 valence electrons. The molecule has 1 aromatic heterocycles. The predicted octanol–water partition coefficient (Wildman–Crippen LogP) is 3.10. The van der Waals surface area contributed by atoms with Gasteiger partial charge in [-0.05, 0) is 41.5 Å². The highest BCUT2D eigenvalue weighted by Crippen LogP contribution is 2.27. The molecule has 3 rings (SSSR count). The van der Waals surface area contributed by atoms with Gasteiger partial charge in [0.15, 0.2) is 0 Å². The van der Waals surface area contributed by atoms with Crippen LogP contribution in [-0.4, -0.2) is 22.8 Å². The van der Waals surface area contributed by atoms with Gasteiger partial charge in [0, 0.05) is 28.1 Å². The third kappa shape index (κ3) is 3.07. The smallest absolute Gasteiger partial charge is 0.148 e. The molecule has 1 N–H and O–H groups in total. The van der Waals surface area contributed by atoms with Crippen molar-refractivity contribution in [2.45, 2.75) is 25.3 Å². The molecule has 1 saturated carbocycles. The van der Waals surface area contributed by atoms with Crippen molar-refractivity contribution < 1.29 is 0 Å². The number of aromatic nitrogens is 2. The summed E-state index contributed by atoms with van der Waals surface area (Å²) in [7, 11) is 0. The summed E-state index contributed by atoms with van der Waals surface area (Å²) >= 11 is 4.05. The van der Waals surface area contributed by atoms with Crippen LogP contribution in [0.25, 0.3) is 10.6 Å². The number of nitrogens with zero attached hydrogens (tertiary/aromatic N) is 2. The maximum Gasteiger partial charge on any atom is 0.148 e. The van der Waals surface area contributed by atoms with Crippen molar-refractivity contribution in [1.82, 2.24) is 15.5 Å². The largest absolute Gasteiger partial charge is 0.314 e. The highest BCUT2D eigenvalue weighted by Gasteiger charge is 2.20. The van der Waals surface area contributed by atoms with Gasteiger partial charge in [0.25, 0.3) is 0 Å². The lowest BCUT2D eigenvalue weighted by Gasteiger charge is -1.98. The second-order valence-corrected chi connectivity index (χ2v) is 6.68. The topological polar surface area (TPSA) is 37.8 Å². The number of hydrogen-bond donors (Lipinski definition) is 1. The molecule has 0 unspecified atom stereocenters. The fraction of sp³-hybridized carbons (Fsp3) is 0.385. The van der Waals surface area contributed by atoms with Crippen LogP contribution < -0.4 is 5.32 Å². The van der Waals surface area contributed by atoms with E-state index in [2.05, 4.69) is 50.2 Å². The highest BCUT2D eigenvalue weighted by molar-refractivity contribution is 14.1. The normalized spacial score (nSPS) is 14.9. The van der Waals surface area contributed by atoms with E-state index in [1.54, 1.807) is 11.3 Å². The number of benzene rings is 1. The molecule has 1 aromatic carbocycles. The van der Waals surface area contributed by atoms with Crippen molar-refractivity contribution in [2.75, 3.05) is 6.54 Å². The molecule has 3 nitrogen and oxygen atoms in total. The SMILES string of the molecule is Ic1ccccc1-c1nnc(CCNC2CC2)s1. The quantitative estimate of drug-likeness (QED) is 0.821. The van der Waals surface area contributed by atoms with E-state index < -0.39 is 0 Å². The Morgan fingerprint density at radius 1 is 1.28 bits per heavy atom. The predicted molar refractivity (Wildman–Crippen MR) is 82.8 cm³/mol. The van der Waals surface area contributed by atoms with E-state index >= 15 is 0 Å². The van der Waals surface area contributed by atoms with E-state index in [-0.39, 0.29) is 0 Å². The Morgan fingerprint density at radius 2 is 2.11 bits per heavy atom. The maximum absolute atomic E-state index is 4.30. The minimum atomic E-state index is 0.771. The lowest BCUT2D eigenvalue weighted by atomic mass is 10.2. The van der Waals surface area contributed by atoms with E-state index in [9.17, 15) is 0 Å². The van der Waals surface area contributed by atoms with Crippen LogP contribution >= 0.6 is 33.9 Å². The van der Waals surface area contributed by atoms with Crippen molar-refractivity contribution in [3.63, 3.8) is 0 Å². The molecule has 0 radical (unpaired) electrons. The van der Waals surface area contributed by atoms with Gasteiger partial charge < -0.3 is 5.32 Å². The van der Waals surface area contributed by atoms with E-state index in [0.29, 0.717) is 0 Å². The third-order valence-electron chi connectivity index (χ3n) is 2.92. The van der Waals surface area contributed by atoms with Gasteiger partial charge in [0.2, 0.25) is 0 Å². The van der Waals surface area contributed by atoms with Gasteiger partial charge in [-0.25, -0.2) is 0 Å². The Morgan fingerprint density at radius 3 is 2.89 bits per heavy atom. The van der Waals surface area contributed by atoms with Gasteiger partial charge in [-0.15, -0.1) is 10.2 Å².